The van der Waals surface area contributed by atoms with Crippen LogP contribution in [-0.4, -0.2) is 19.7 Å². The molecule has 0 amide bonds. The lowest BCUT2D eigenvalue weighted by Gasteiger charge is -2.01. The number of phenols is 1. The van der Waals surface area contributed by atoms with Gasteiger partial charge in [0.2, 0.25) is 0 Å². The van der Waals surface area contributed by atoms with Gasteiger partial charge in [0.15, 0.2) is 5.75 Å². The molecule has 2 aromatic rings. The van der Waals surface area contributed by atoms with Crippen molar-refractivity contribution in [3.63, 3.8) is 0 Å². The Balaban J connectivity index is 2.34. The standard InChI is InChI=1S/C11H7Cl2NO3S2/c12-8-4-7(5-9(13)11(8)15)6-14-19(16,17)10-2-1-3-18-10/h1-6,15H/b14-6-. The highest BCUT2D eigenvalue weighted by Crippen LogP contribution is 2.32. The molecule has 0 spiro atoms. The van der Waals surface area contributed by atoms with Gasteiger partial charge in [-0.15, -0.1) is 11.3 Å². The number of halogens is 2. The van der Waals surface area contributed by atoms with Crippen molar-refractivity contribution in [3.8, 4) is 5.75 Å². The maximum absolute atomic E-state index is 11.8. The summed E-state index contributed by atoms with van der Waals surface area (Å²) in [4.78, 5) is 0. The zero-order valence-electron chi connectivity index (χ0n) is 9.25. The number of hydrogen-bond acceptors (Lipinski definition) is 4. The van der Waals surface area contributed by atoms with E-state index < -0.39 is 10.0 Å². The predicted molar refractivity (Wildman–Crippen MR) is 77.2 cm³/mol. The lowest BCUT2D eigenvalue weighted by molar-refractivity contribution is 0.476. The van der Waals surface area contributed by atoms with Crippen LogP contribution in [0, 0.1) is 0 Å². The van der Waals surface area contributed by atoms with Gasteiger partial charge in [-0.2, -0.15) is 12.8 Å². The molecule has 0 bridgehead atoms. The van der Waals surface area contributed by atoms with E-state index in [1.807, 2.05) is 0 Å². The Bertz CT molecular complexity index is 701. The van der Waals surface area contributed by atoms with Gasteiger partial charge in [-0.05, 0) is 29.1 Å². The lowest BCUT2D eigenvalue weighted by atomic mass is 10.2. The van der Waals surface area contributed by atoms with E-state index in [-0.39, 0.29) is 20.0 Å². The molecule has 0 aliphatic heterocycles. The maximum Gasteiger partial charge on any atom is 0.291 e. The zero-order valence-corrected chi connectivity index (χ0v) is 12.4. The van der Waals surface area contributed by atoms with Crippen molar-refractivity contribution < 1.29 is 13.5 Å². The van der Waals surface area contributed by atoms with Crippen molar-refractivity contribution in [1.29, 1.82) is 0 Å². The number of sulfonamides is 1. The van der Waals surface area contributed by atoms with Gasteiger partial charge in [0.25, 0.3) is 10.0 Å². The molecule has 8 heteroatoms. The van der Waals surface area contributed by atoms with Crippen LogP contribution in [0.1, 0.15) is 5.56 Å². The molecule has 0 aliphatic carbocycles. The van der Waals surface area contributed by atoms with Gasteiger partial charge >= 0.3 is 0 Å². The average Bonchev–Trinajstić information content (AvgIpc) is 2.88. The highest BCUT2D eigenvalue weighted by molar-refractivity contribution is 7.92. The van der Waals surface area contributed by atoms with Crippen molar-refractivity contribution in [2.45, 2.75) is 4.21 Å². The first-order chi connectivity index (χ1) is 8.90. The third-order valence-corrected chi connectivity index (χ3v) is 5.31. The predicted octanol–water partition coefficient (Wildman–Crippen LogP) is 3.57. The Labute approximate surface area is 124 Å². The molecule has 1 N–H and O–H groups in total. The molecule has 19 heavy (non-hydrogen) atoms. The minimum absolute atomic E-state index is 0.0301. The second kappa shape index (κ2) is 5.50. The molecule has 0 atom stereocenters. The molecule has 0 unspecified atom stereocenters. The molecule has 1 aromatic carbocycles. The van der Waals surface area contributed by atoms with Crippen LogP contribution >= 0.6 is 34.5 Å². The minimum Gasteiger partial charge on any atom is -0.505 e. The monoisotopic (exact) mass is 335 g/mol. The lowest BCUT2D eigenvalue weighted by Crippen LogP contribution is -1.94. The Hall–Kier alpha value is -1.08. The fourth-order valence-corrected chi connectivity index (χ4v) is 3.60. The van der Waals surface area contributed by atoms with Crippen LogP contribution in [0.2, 0.25) is 10.0 Å². The molecule has 100 valence electrons. The summed E-state index contributed by atoms with van der Waals surface area (Å²) < 4.78 is 27.3. The molecule has 0 saturated carbocycles. The quantitative estimate of drug-likeness (QED) is 0.872. The highest BCUT2D eigenvalue weighted by Gasteiger charge is 2.13. The second-order valence-corrected chi connectivity index (χ2v) is 7.10. The largest absolute Gasteiger partial charge is 0.505 e. The van der Waals surface area contributed by atoms with E-state index in [1.54, 1.807) is 11.4 Å². The molecule has 1 aromatic heterocycles. The van der Waals surface area contributed by atoms with Crippen LogP contribution in [-0.2, 0) is 10.0 Å². The Kier molecular flexibility index (Phi) is 4.15. The van der Waals surface area contributed by atoms with Crippen LogP contribution in [0.4, 0.5) is 0 Å². The number of hydrogen-bond donors (Lipinski definition) is 1. The minimum atomic E-state index is -3.71. The van der Waals surface area contributed by atoms with Crippen molar-refractivity contribution in [1.82, 2.24) is 0 Å². The first kappa shape index (κ1) is 14.3. The molecule has 0 saturated heterocycles. The first-order valence-electron chi connectivity index (χ1n) is 4.92. The number of rotatable bonds is 3. The van der Waals surface area contributed by atoms with Gasteiger partial charge in [-0.25, -0.2) is 0 Å². The number of aromatic hydroxyl groups is 1. The topological polar surface area (TPSA) is 66.7 Å². The van der Waals surface area contributed by atoms with Crippen LogP contribution < -0.4 is 0 Å². The van der Waals surface area contributed by atoms with E-state index in [4.69, 9.17) is 23.2 Å². The molecular formula is C11H7Cl2NO3S2. The second-order valence-electron chi connectivity index (χ2n) is 3.47. The SMILES string of the molecule is O=S(=O)(/N=C\c1cc(Cl)c(O)c(Cl)c1)c1cccs1. The third-order valence-electron chi connectivity index (χ3n) is 2.13. The first-order valence-corrected chi connectivity index (χ1v) is 7.99. The summed E-state index contributed by atoms with van der Waals surface area (Å²) >= 11 is 12.5. The molecule has 4 nitrogen and oxygen atoms in total. The maximum atomic E-state index is 11.8. The van der Waals surface area contributed by atoms with Crippen molar-refractivity contribution in [2.75, 3.05) is 0 Å². The van der Waals surface area contributed by atoms with E-state index in [9.17, 15) is 13.5 Å². The molecule has 2 rings (SSSR count). The van der Waals surface area contributed by atoms with Crippen LogP contribution in [0.25, 0.3) is 0 Å². The summed E-state index contributed by atoms with van der Waals surface area (Å²) in [7, 11) is -3.71. The van der Waals surface area contributed by atoms with Gasteiger partial charge in [0.05, 0.1) is 10.0 Å². The Morgan fingerprint density at radius 1 is 1.26 bits per heavy atom. The average molecular weight is 336 g/mol. The van der Waals surface area contributed by atoms with E-state index in [2.05, 4.69) is 4.40 Å². The summed E-state index contributed by atoms with van der Waals surface area (Å²) in [6.45, 7) is 0. The van der Waals surface area contributed by atoms with Gasteiger partial charge < -0.3 is 5.11 Å². The Morgan fingerprint density at radius 2 is 1.89 bits per heavy atom. The molecule has 0 radical (unpaired) electrons. The number of nitrogens with zero attached hydrogens (tertiary/aromatic N) is 1. The number of phenolic OH excluding ortho intramolecular Hbond substituents is 1. The number of benzene rings is 1. The Morgan fingerprint density at radius 3 is 2.42 bits per heavy atom. The summed E-state index contributed by atoms with van der Waals surface area (Å²) in [5.74, 6) is -0.249. The van der Waals surface area contributed by atoms with Crippen LogP contribution in [0.3, 0.4) is 0 Å². The van der Waals surface area contributed by atoms with E-state index >= 15 is 0 Å². The molecular weight excluding hydrogens is 329 g/mol. The van der Waals surface area contributed by atoms with Gasteiger partial charge in [0, 0.05) is 6.21 Å². The zero-order chi connectivity index (χ0) is 14.0. The summed E-state index contributed by atoms with van der Waals surface area (Å²) in [5, 5.41) is 11.1. The summed E-state index contributed by atoms with van der Waals surface area (Å²) in [6, 6.07) is 5.84. The molecule has 0 aliphatic rings. The van der Waals surface area contributed by atoms with E-state index in [0.29, 0.717) is 5.56 Å². The van der Waals surface area contributed by atoms with E-state index in [0.717, 1.165) is 17.6 Å². The number of thiophene rings is 1. The normalized spacial score (nSPS) is 12.1. The smallest absolute Gasteiger partial charge is 0.291 e. The van der Waals surface area contributed by atoms with Gasteiger partial charge in [-0.1, -0.05) is 29.3 Å². The van der Waals surface area contributed by atoms with Crippen molar-refractivity contribution >= 4 is 50.8 Å². The fraction of sp³-hybridized carbons (Fsp3) is 0. The van der Waals surface area contributed by atoms with Gasteiger partial charge in [-0.3, -0.25) is 0 Å². The third kappa shape index (κ3) is 3.27. The highest BCUT2D eigenvalue weighted by atomic mass is 35.5. The fourth-order valence-electron chi connectivity index (χ4n) is 1.25. The van der Waals surface area contributed by atoms with Crippen molar-refractivity contribution in [3.05, 3.63) is 45.3 Å². The van der Waals surface area contributed by atoms with Crippen molar-refractivity contribution in [2.24, 2.45) is 4.40 Å². The van der Waals surface area contributed by atoms with Crippen LogP contribution in [0.15, 0.2) is 38.3 Å². The molecule has 1 heterocycles. The van der Waals surface area contributed by atoms with Crippen LogP contribution in [0.5, 0.6) is 5.75 Å². The summed E-state index contributed by atoms with van der Waals surface area (Å²) in [6.07, 6.45) is 1.13. The van der Waals surface area contributed by atoms with E-state index in [1.165, 1.54) is 18.2 Å². The summed E-state index contributed by atoms with van der Waals surface area (Å²) in [5.41, 5.74) is 0.382. The molecule has 0 fully saturated rings. The van der Waals surface area contributed by atoms with Gasteiger partial charge in [0.1, 0.15) is 4.21 Å².